The van der Waals surface area contributed by atoms with E-state index in [2.05, 4.69) is 20.0 Å². The number of aliphatic hydroxyl groups is 4. The Morgan fingerprint density at radius 1 is 0.975 bits per heavy atom. The molecule has 1 aromatic heterocycles. The Kier molecular flexibility index (Phi) is 9.73. The number of carboxylic acid groups (broad SMARTS) is 1. The fourth-order valence-electron chi connectivity index (χ4n) is 4.12. The lowest BCUT2D eigenvalue weighted by Crippen LogP contribution is -2.59. The molecule has 15 nitrogen and oxygen atoms in total. The van der Waals surface area contributed by atoms with Gasteiger partial charge in [0.05, 0.1) is 26.8 Å². The summed E-state index contributed by atoms with van der Waals surface area (Å²) in [5.74, 6) is 0.755. The first-order valence-electron chi connectivity index (χ1n) is 11.9. The Morgan fingerprint density at radius 3 is 2.15 bits per heavy atom. The molecule has 10 N–H and O–H groups in total. The number of rotatable bonds is 7. The molecule has 0 bridgehead atoms. The van der Waals surface area contributed by atoms with E-state index in [4.69, 9.17) is 51.2 Å². The van der Waals surface area contributed by atoms with Crippen LogP contribution in [0.25, 0.3) is 10.9 Å². The third-order valence-electron chi connectivity index (χ3n) is 6.26. The molecule has 3 aromatic rings. The molecule has 15 heteroatoms. The highest BCUT2D eigenvalue weighted by Crippen LogP contribution is 2.40. The van der Waals surface area contributed by atoms with Crippen LogP contribution in [0.5, 0.6) is 17.2 Å². The molecule has 1 aliphatic heterocycles. The Bertz CT molecular complexity index is 1330. The van der Waals surface area contributed by atoms with Gasteiger partial charge >= 0.3 is 5.97 Å². The van der Waals surface area contributed by atoms with Crippen molar-refractivity contribution >= 4 is 34.3 Å². The monoisotopic (exact) mass is 563 g/mol. The van der Waals surface area contributed by atoms with Gasteiger partial charge in [-0.25, -0.2) is 9.78 Å². The molecule has 40 heavy (non-hydrogen) atoms. The van der Waals surface area contributed by atoms with E-state index in [0.717, 1.165) is 27.7 Å². The largest absolute Gasteiger partial charge is 0.493 e. The summed E-state index contributed by atoms with van der Waals surface area (Å²) < 4.78 is 20.5. The van der Waals surface area contributed by atoms with Crippen LogP contribution in [0.4, 0.5) is 17.5 Å². The number of ether oxygens (including phenoxy) is 4. The van der Waals surface area contributed by atoms with Crippen LogP contribution in [0.1, 0.15) is 11.1 Å². The van der Waals surface area contributed by atoms with Crippen molar-refractivity contribution in [3.8, 4) is 17.2 Å². The summed E-state index contributed by atoms with van der Waals surface area (Å²) in [7, 11) is 4.75. The molecule has 4 rings (SSSR count). The minimum absolute atomic E-state index is 0.169. The molecule has 0 amide bonds. The zero-order valence-corrected chi connectivity index (χ0v) is 22.2. The number of nitrogens with two attached hydrogens (primary N) is 2. The Hall–Kier alpha value is -4.15. The van der Waals surface area contributed by atoms with Crippen LogP contribution < -0.4 is 31.0 Å². The lowest BCUT2D eigenvalue weighted by molar-refractivity contribution is -0.279. The van der Waals surface area contributed by atoms with Crippen LogP contribution in [0, 0.1) is 6.92 Å². The smallest absolute Gasteiger partial charge is 0.335 e. The van der Waals surface area contributed by atoms with Crippen molar-refractivity contribution in [1.29, 1.82) is 0 Å². The predicted molar refractivity (Wildman–Crippen MR) is 143 cm³/mol. The predicted octanol–water partition coefficient (Wildman–Crippen LogP) is -0.389. The standard InChI is InChI=1S/C19H23N5O3.C6H10O7/c1-10-11(5-6-13-16(10)18(20)24-19(21)23-13)9-22-12-7-14(25-2)17(27-4)15(8-12)26-3;7-1-2(8)4(5(10)11)13-6(12)3(1)9/h5-8,22H,9H2,1-4H3,(H4,20,21,23,24);1-4,6-9,12H,(H,10,11)/t;1-,2-,3+,4-,6?/m.0/s1. The van der Waals surface area contributed by atoms with Crippen molar-refractivity contribution in [2.45, 2.75) is 44.2 Å². The first-order chi connectivity index (χ1) is 18.9. The Labute approximate surface area is 228 Å². The highest BCUT2D eigenvalue weighted by Gasteiger charge is 2.46. The lowest BCUT2D eigenvalue weighted by atomic mass is 9.99. The van der Waals surface area contributed by atoms with Crippen molar-refractivity contribution in [2.24, 2.45) is 0 Å². The lowest BCUT2D eigenvalue weighted by Gasteiger charge is -2.36. The van der Waals surface area contributed by atoms with Crippen molar-refractivity contribution in [3.05, 3.63) is 35.4 Å². The zero-order chi connectivity index (χ0) is 29.7. The number of nitrogen functional groups attached to an aromatic ring is 2. The van der Waals surface area contributed by atoms with E-state index in [1.807, 2.05) is 31.2 Å². The Morgan fingerprint density at radius 2 is 1.60 bits per heavy atom. The molecule has 1 fully saturated rings. The number of hydrogen-bond donors (Lipinski definition) is 8. The van der Waals surface area contributed by atoms with Gasteiger partial charge in [0.2, 0.25) is 11.7 Å². The first-order valence-corrected chi connectivity index (χ1v) is 11.9. The molecule has 2 heterocycles. The van der Waals surface area contributed by atoms with E-state index in [-0.39, 0.29) is 5.95 Å². The molecule has 0 saturated carbocycles. The van der Waals surface area contributed by atoms with Crippen LogP contribution in [-0.4, -0.2) is 93.5 Å². The van der Waals surface area contributed by atoms with Crippen molar-refractivity contribution in [2.75, 3.05) is 38.1 Å². The Balaban J connectivity index is 0.000000285. The molecule has 0 radical (unpaired) electrons. The van der Waals surface area contributed by atoms with E-state index in [9.17, 15) is 4.79 Å². The molecule has 0 aliphatic carbocycles. The number of carbonyl (C=O) groups is 1. The van der Waals surface area contributed by atoms with E-state index in [1.54, 1.807) is 21.3 Å². The van der Waals surface area contributed by atoms with E-state index >= 15 is 0 Å². The number of methoxy groups -OCH3 is 3. The van der Waals surface area contributed by atoms with Gasteiger partial charge in [-0.2, -0.15) is 4.98 Å². The fourth-order valence-corrected chi connectivity index (χ4v) is 4.12. The van der Waals surface area contributed by atoms with Gasteiger partial charge in [0.25, 0.3) is 0 Å². The van der Waals surface area contributed by atoms with Gasteiger partial charge in [-0.3, -0.25) is 0 Å². The molecule has 0 spiro atoms. The third-order valence-corrected chi connectivity index (χ3v) is 6.26. The molecule has 218 valence electrons. The number of aromatic nitrogens is 2. The van der Waals surface area contributed by atoms with Crippen LogP contribution in [-0.2, 0) is 16.1 Å². The number of aryl methyl sites for hydroxylation is 1. The van der Waals surface area contributed by atoms with Crippen LogP contribution >= 0.6 is 0 Å². The van der Waals surface area contributed by atoms with Crippen LogP contribution in [0.2, 0.25) is 0 Å². The zero-order valence-electron chi connectivity index (χ0n) is 22.2. The van der Waals surface area contributed by atoms with Crippen LogP contribution in [0.15, 0.2) is 24.3 Å². The summed E-state index contributed by atoms with van der Waals surface area (Å²) in [4.78, 5) is 18.7. The molecule has 1 aliphatic rings. The number of anilines is 3. The molecule has 1 saturated heterocycles. The minimum atomic E-state index is -1.81. The fraction of sp³-hybridized carbons (Fsp3) is 0.400. The number of nitrogens with one attached hydrogen (secondary N) is 1. The molecular formula is C25H33N5O10. The number of benzene rings is 2. The summed E-state index contributed by atoms with van der Waals surface area (Å²) in [5.41, 5.74) is 15.4. The van der Waals surface area contributed by atoms with Crippen molar-refractivity contribution in [1.82, 2.24) is 9.97 Å². The highest BCUT2D eigenvalue weighted by atomic mass is 16.6. The van der Waals surface area contributed by atoms with Gasteiger partial charge < -0.3 is 61.3 Å². The SMILES string of the molecule is COc1cc(NCc2ccc3nc(N)nc(N)c3c2C)cc(OC)c1OC.O=C(O)[C@H]1OC(O)[C@H](O)[C@@H](O)[C@@H]1O. The second-order valence-corrected chi connectivity index (χ2v) is 8.74. The number of hydrogen-bond acceptors (Lipinski definition) is 14. The average Bonchev–Trinajstić information content (AvgIpc) is 2.92. The normalized spacial score (nSPS) is 22.1. The maximum atomic E-state index is 10.4. The maximum Gasteiger partial charge on any atom is 0.335 e. The molecule has 5 atom stereocenters. The summed E-state index contributed by atoms with van der Waals surface area (Å²) in [6.07, 6.45) is -8.72. The van der Waals surface area contributed by atoms with Gasteiger partial charge in [0.15, 0.2) is 23.9 Å². The minimum Gasteiger partial charge on any atom is -0.493 e. The quantitative estimate of drug-likeness (QED) is 0.182. The third kappa shape index (κ3) is 6.35. The van der Waals surface area contributed by atoms with Gasteiger partial charge in [0, 0.05) is 29.8 Å². The second kappa shape index (κ2) is 12.8. The molecule has 1 unspecified atom stereocenters. The van der Waals surface area contributed by atoms with E-state index < -0.39 is 36.7 Å². The number of fused-ring (bicyclic) bond motifs is 1. The second-order valence-electron chi connectivity index (χ2n) is 8.74. The van der Waals surface area contributed by atoms with Gasteiger partial charge in [0.1, 0.15) is 24.1 Å². The number of aliphatic hydroxyl groups excluding tert-OH is 4. The van der Waals surface area contributed by atoms with Crippen molar-refractivity contribution in [3.63, 3.8) is 0 Å². The average molecular weight is 564 g/mol. The summed E-state index contributed by atoms with van der Waals surface area (Å²) in [6, 6.07) is 7.60. The highest BCUT2D eigenvalue weighted by molar-refractivity contribution is 5.92. The van der Waals surface area contributed by atoms with Gasteiger partial charge in [-0.15, -0.1) is 0 Å². The number of aliphatic carboxylic acids is 1. The summed E-state index contributed by atoms with van der Waals surface area (Å²) in [6.45, 7) is 2.56. The number of carboxylic acids is 1. The molecule has 2 aromatic carbocycles. The first kappa shape index (κ1) is 30.4. The van der Waals surface area contributed by atoms with Gasteiger partial charge in [-0.1, -0.05) is 6.07 Å². The topological polar surface area (TPSA) is 245 Å². The van der Waals surface area contributed by atoms with Crippen LogP contribution in [0.3, 0.4) is 0 Å². The van der Waals surface area contributed by atoms with E-state index in [1.165, 1.54) is 0 Å². The van der Waals surface area contributed by atoms with Crippen molar-refractivity contribution < 1.29 is 49.3 Å². The maximum absolute atomic E-state index is 10.4. The summed E-state index contributed by atoms with van der Waals surface area (Å²) in [5, 5.41) is 48.5. The number of nitrogens with zero attached hydrogens (tertiary/aromatic N) is 2. The van der Waals surface area contributed by atoms with Gasteiger partial charge in [-0.05, 0) is 24.1 Å². The summed E-state index contributed by atoms with van der Waals surface area (Å²) >= 11 is 0. The van der Waals surface area contributed by atoms with E-state index in [0.29, 0.717) is 29.6 Å². The molecular weight excluding hydrogens is 530 g/mol.